The maximum atomic E-state index is 12.7. The van der Waals surface area contributed by atoms with Crippen molar-refractivity contribution in [2.24, 2.45) is 17.6 Å². The van der Waals surface area contributed by atoms with Gasteiger partial charge < -0.3 is 10.6 Å². The summed E-state index contributed by atoms with van der Waals surface area (Å²) in [7, 11) is 0. The molecule has 0 spiro atoms. The van der Waals surface area contributed by atoms with Crippen LogP contribution in [0.3, 0.4) is 0 Å². The number of hydrogen-bond acceptors (Lipinski definition) is 3. The Balaban J connectivity index is 2.02. The van der Waals surface area contributed by atoms with Gasteiger partial charge in [-0.2, -0.15) is 5.10 Å². The predicted octanol–water partition coefficient (Wildman–Crippen LogP) is 2.20. The summed E-state index contributed by atoms with van der Waals surface area (Å²) in [5.41, 5.74) is 8.77. The van der Waals surface area contributed by atoms with Crippen molar-refractivity contribution in [3.8, 4) is 0 Å². The average molecular weight is 348 g/mol. The number of carbonyl (C=O) groups is 2. The molecule has 2 unspecified atom stereocenters. The van der Waals surface area contributed by atoms with Crippen LogP contribution in [0.15, 0.2) is 0 Å². The van der Waals surface area contributed by atoms with Gasteiger partial charge in [0.05, 0.1) is 11.6 Å². The van der Waals surface area contributed by atoms with Crippen LogP contribution < -0.4 is 5.73 Å². The molecule has 2 N–H and O–H groups in total. The van der Waals surface area contributed by atoms with Gasteiger partial charge in [-0.05, 0) is 51.5 Å². The van der Waals surface area contributed by atoms with Crippen molar-refractivity contribution in [2.75, 3.05) is 6.54 Å². The summed E-state index contributed by atoms with van der Waals surface area (Å²) in [6.07, 6.45) is 2.76. The van der Waals surface area contributed by atoms with E-state index in [0.717, 1.165) is 30.8 Å². The Labute approximate surface area is 150 Å². The fourth-order valence-corrected chi connectivity index (χ4v) is 3.68. The zero-order chi connectivity index (χ0) is 18.7. The molecule has 0 aromatic carbocycles. The normalized spacial score (nSPS) is 21.0. The molecule has 25 heavy (non-hydrogen) atoms. The molecule has 6 heteroatoms. The van der Waals surface area contributed by atoms with Crippen LogP contribution in [-0.2, 0) is 22.6 Å². The molecule has 2 rings (SSSR count). The van der Waals surface area contributed by atoms with Crippen LogP contribution in [0.4, 0.5) is 0 Å². The molecule has 1 fully saturated rings. The van der Waals surface area contributed by atoms with Gasteiger partial charge in [0.1, 0.15) is 0 Å². The van der Waals surface area contributed by atoms with Gasteiger partial charge in [-0.1, -0.05) is 13.8 Å². The first-order valence-corrected chi connectivity index (χ1v) is 9.32. The minimum atomic E-state index is -0.300. The lowest BCUT2D eigenvalue weighted by molar-refractivity contribution is -0.137. The van der Waals surface area contributed by atoms with Crippen molar-refractivity contribution in [2.45, 2.75) is 72.9 Å². The van der Waals surface area contributed by atoms with Crippen molar-refractivity contribution < 1.29 is 9.59 Å². The number of aromatic nitrogens is 2. The monoisotopic (exact) mass is 348 g/mol. The number of likely N-dealkylation sites (tertiary alicyclic amines) is 1. The summed E-state index contributed by atoms with van der Waals surface area (Å²) >= 11 is 0. The highest BCUT2D eigenvalue weighted by Gasteiger charge is 2.31. The maximum absolute atomic E-state index is 12.7. The Morgan fingerprint density at radius 1 is 1.28 bits per heavy atom. The molecule has 140 valence electrons. The second-order valence-electron chi connectivity index (χ2n) is 7.80. The van der Waals surface area contributed by atoms with Crippen LogP contribution in [0, 0.1) is 25.7 Å². The van der Waals surface area contributed by atoms with Crippen molar-refractivity contribution in [1.82, 2.24) is 14.7 Å². The number of nitrogens with zero attached hydrogens (tertiary/aromatic N) is 3. The number of amides is 2. The maximum Gasteiger partial charge on any atom is 0.223 e. The first-order chi connectivity index (χ1) is 11.7. The van der Waals surface area contributed by atoms with E-state index in [-0.39, 0.29) is 23.8 Å². The van der Waals surface area contributed by atoms with E-state index < -0.39 is 0 Å². The van der Waals surface area contributed by atoms with Crippen molar-refractivity contribution >= 4 is 11.8 Å². The van der Waals surface area contributed by atoms with E-state index in [9.17, 15) is 9.59 Å². The summed E-state index contributed by atoms with van der Waals surface area (Å²) in [6, 6.07) is 0.175. The molecule has 2 atom stereocenters. The van der Waals surface area contributed by atoms with E-state index in [1.165, 1.54) is 5.56 Å². The minimum Gasteiger partial charge on any atom is -0.369 e. The largest absolute Gasteiger partial charge is 0.369 e. The van der Waals surface area contributed by atoms with Crippen LogP contribution in [0.25, 0.3) is 0 Å². The lowest BCUT2D eigenvalue weighted by Gasteiger charge is -2.37. The van der Waals surface area contributed by atoms with Gasteiger partial charge in [-0.3, -0.25) is 14.3 Å². The lowest BCUT2D eigenvalue weighted by atomic mass is 9.92. The summed E-state index contributed by atoms with van der Waals surface area (Å²) in [6.45, 7) is 11.8. The lowest BCUT2D eigenvalue weighted by Crippen LogP contribution is -2.48. The molecule has 1 aromatic heterocycles. The highest BCUT2D eigenvalue weighted by Crippen LogP contribution is 2.23. The smallest absolute Gasteiger partial charge is 0.223 e. The van der Waals surface area contributed by atoms with E-state index in [1.807, 2.05) is 23.4 Å². The van der Waals surface area contributed by atoms with Crippen molar-refractivity contribution in [1.29, 1.82) is 0 Å². The molecule has 0 saturated carbocycles. The summed E-state index contributed by atoms with van der Waals surface area (Å²) in [5, 5.41) is 4.62. The van der Waals surface area contributed by atoms with Crippen LogP contribution >= 0.6 is 0 Å². The van der Waals surface area contributed by atoms with Crippen molar-refractivity contribution in [3.63, 3.8) is 0 Å². The SMILES string of the molecule is Cc1nn(CC(C)C)c(C)c1CCC(=O)N1CC(C(N)=O)CCC1C. The van der Waals surface area contributed by atoms with Crippen molar-refractivity contribution in [3.05, 3.63) is 17.0 Å². The first kappa shape index (κ1) is 19.5. The summed E-state index contributed by atoms with van der Waals surface area (Å²) in [4.78, 5) is 26.0. The second kappa shape index (κ2) is 8.02. The zero-order valence-electron chi connectivity index (χ0n) is 16.2. The fraction of sp³-hybridized carbons (Fsp3) is 0.737. The van der Waals surface area contributed by atoms with Gasteiger partial charge in [-0.25, -0.2) is 0 Å². The number of rotatable bonds is 6. The number of carbonyl (C=O) groups excluding carboxylic acids is 2. The van der Waals surface area contributed by atoms with E-state index in [1.54, 1.807) is 0 Å². The number of piperidine rings is 1. The quantitative estimate of drug-likeness (QED) is 0.856. The predicted molar refractivity (Wildman–Crippen MR) is 98.0 cm³/mol. The molecule has 0 radical (unpaired) electrons. The van der Waals surface area contributed by atoms with Crippen LogP contribution in [0.2, 0.25) is 0 Å². The fourth-order valence-electron chi connectivity index (χ4n) is 3.68. The summed E-state index contributed by atoms with van der Waals surface area (Å²) in [5.74, 6) is 0.130. The van der Waals surface area contributed by atoms with Gasteiger partial charge in [0.25, 0.3) is 0 Å². The second-order valence-corrected chi connectivity index (χ2v) is 7.80. The highest BCUT2D eigenvalue weighted by molar-refractivity contribution is 5.80. The van der Waals surface area contributed by atoms with Gasteiger partial charge in [0.2, 0.25) is 11.8 Å². The van der Waals surface area contributed by atoms with Crippen LogP contribution in [0.1, 0.15) is 57.0 Å². The molecule has 1 aliphatic rings. The topological polar surface area (TPSA) is 81.2 Å². The molecule has 2 heterocycles. The van der Waals surface area contributed by atoms with E-state index in [4.69, 9.17) is 5.73 Å². The number of primary amides is 1. The Morgan fingerprint density at radius 3 is 2.56 bits per heavy atom. The Kier molecular flexibility index (Phi) is 6.25. The molecule has 2 amide bonds. The molecule has 1 saturated heterocycles. The standard InChI is InChI=1S/C19H32N4O2/c1-12(2)10-23-15(5)17(14(4)21-23)8-9-18(24)22-11-16(19(20)25)7-6-13(22)3/h12-13,16H,6-11H2,1-5H3,(H2,20,25). The molecule has 1 aromatic rings. The van der Waals surface area contributed by atoms with E-state index >= 15 is 0 Å². The minimum absolute atomic E-state index is 0.105. The molecule has 0 bridgehead atoms. The third-order valence-corrected chi connectivity index (χ3v) is 5.26. The summed E-state index contributed by atoms with van der Waals surface area (Å²) < 4.78 is 2.05. The Bertz CT molecular complexity index is 636. The number of aryl methyl sites for hydroxylation is 1. The van der Waals surface area contributed by atoms with E-state index in [2.05, 4.69) is 25.9 Å². The molecule has 6 nitrogen and oxygen atoms in total. The molecule has 0 aliphatic carbocycles. The Hall–Kier alpha value is -1.85. The zero-order valence-corrected chi connectivity index (χ0v) is 16.2. The van der Waals surface area contributed by atoms with Gasteiger partial charge in [0.15, 0.2) is 0 Å². The van der Waals surface area contributed by atoms with Gasteiger partial charge in [-0.15, -0.1) is 0 Å². The van der Waals surface area contributed by atoms with Crippen LogP contribution in [-0.4, -0.2) is 39.1 Å². The highest BCUT2D eigenvalue weighted by atomic mass is 16.2. The third-order valence-electron chi connectivity index (χ3n) is 5.26. The first-order valence-electron chi connectivity index (χ1n) is 9.32. The van der Waals surface area contributed by atoms with E-state index in [0.29, 0.717) is 25.3 Å². The average Bonchev–Trinajstić information content (AvgIpc) is 2.78. The number of nitrogens with two attached hydrogens (primary N) is 1. The Morgan fingerprint density at radius 2 is 1.96 bits per heavy atom. The van der Waals surface area contributed by atoms with Crippen LogP contribution in [0.5, 0.6) is 0 Å². The number of hydrogen-bond donors (Lipinski definition) is 1. The molecular formula is C19H32N4O2. The van der Waals surface area contributed by atoms with Gasteiger partial charge in [0, 0.05) is 31.2 Å². The molecular weight excluding hydrogens is 316 g/mol. The van der Waals surface area contributed by atoms with Gasteiger partial charge >= 0.3 is 0 Å². The molecule has 1 aliphatic heterocycles. The third kappa shape index (κ3) is 4.61.